The monoisotopic (exact) mass is 203 g/mol. The molecule has 0 aliphatic heterocycles. The molecule has 0 bridgehead atoms. The fourth-order valence-corrected chi connectivity index (χ4v) is 1.37. The Morgan fingerprint density at radius 3 is 2.33 bits per heavy atom. The molecule has 0 atom stereocenters. The Balaban J connectivity index is 3.08. The Hall–Kier alpha value is -1.57. The van der Waals surface area contributed by atoms with E-state index in [0.717, 1.165) is 11.1 Å². The zero-order valence-electron chi connectivity index (χ0n) is 9.53. The largest absolute Gasteiger partial charge is 0.383 e. The molecule has 0 N–H and O–H groups in total. The van der Waals surface area contributed by atoms with E-state index in [1.54, 1.807) is 0 Å². The highest BCUT2D eigenvalue weighted by Crippen LogP contribution is 2.16. The SMILES string of the molecule is CCC(=O)C(=CN(C)C)c1ccccc1. The van der Waals surface area contributed by atoms with Gasteiger partial charge in [-0.05, 0) is 5.56 Å². The van der Waals surface area contributed by atoms with Crippen LogP contribution in [0.4, 0.5) is 0 Å². The minimum absolute atomic E-state index is 0.176. The molecule has 0 heterocycles. The van der Waals surface area contributed by atoms with Crippen LogP contribution in [0.5, 0.6) is 0 Å². The van der Waals surface area contributed by atoms with E-state index in [1.165, 1.54) is 0 Å². The van der Waals surface area contributed by atoms with Gasteiger partial charge in [0, 0.05) is 32.3 Å². The normalized spacial score (nSPS) is 11.3. The number of ketones is 1. The number of allylic oxidation sites excluding steroid dienone is 1. The van der Waals surface area contributed by atoms with Crippen molar-refractivity contribution in [2.45, 2.75) is 13.3 Å². The topological polar surface area (TPSA) is 20.3 Å². The van der Waals surface area contributed by atoms with Gasteiger partial charge in [-0.15, -0.1) is 0 Å². The van der Waals surface area contributed by atoms with Gasteiger partial charge in [0.1, 0.15) is 0 Å². The van der Waals surface area contributed by atoms with Crippen molar-refractivity contribution >= 4 is 11.4 Å². The molecular weight excluding hydrogens is 186 g/mol. The van der Waals surface area contributed by atoms with Gasteiger partial charge in [0.25, 0.3) is 0 Å². The Kier molecular flexibility index (Phi) is 4.10. The molecule has 0 radical (unpaired) electrons. The summed E-state index contributed by atoms with van der Waals surface area (Å²) in [5.41, 5.74) is 1.76. The summed E-state index contributed by atoms with van der Waals surface area (Å²) >= 11 is 0. The van der Waals surface area contributed by atoms with Gasteiger partial charge in [-0.1, -0.05) is 37.3 Å². The molecule has 0 unspecified atom stereocenters. The number of benzene rings is 1. The number of hydrogen-bond donors (Lipinski definition) is 0. The van der Waals surface area contributed by atoms with Gasteiger partial charge in [-0.25, -0.2) is 0 Å². The van der Waals surface area contributed by atoms with Gasteiger partial charge in [0.05, 0.1) is 0 Å². The number of carbonyl (C=O) groups excluding carboxylic acids is 1. The van der Waals surface area contributed by atoms with Crippen LogP contribution < -0.4 is 0 Å². The van der Waals surface area contributed by atoms with Crippen molar-refractivity contribution in [2.75, 3.05) is 14.1 Å². The van der Waals surface area contributed by atoms with E-state index in [-0.39, 0.29) is 5.78 Å². The molecule has 0 saturated carbocycles. The highest BCUT2D eigenvalue weighted by Gasteiger charge is 2.09. The zero-order chi connectivity index (χ0) is 11.3. The third kappa shape index (κ3) is 3.24. The van der Waals surface area contributed by atoms with Crippen molar-refractivity contribution in [3.8, 4) is 0 Å². The minimum Gasteiger partial charge on any atom is -0.383 e. The Labute approximate surface area is 91.2 Å². The van der Waals surface area contributed by atoms with Gasteiger partial charge in [0.2, 0.25) is 0 Å². The standard InChI is InChI=1S/C13H17NO/c1-4-13(15)12(10-14(2)3)11-8-6-5-7-9-11/h5-10H,4H2,1-3H3. The van der Waals surface area contributed by atoms with Crippen molar-refractivity contribution in [3.63, 3.8) is 0 Å². The van der Waals surface area contributed by atoms with Crippen LogP contribution >= 0.6 is 0 Å². The molecule has 0 aliphatic rings. The van der Waals surface area contributed by atoms with Crippen LogP contribution in [0.3, 0.4) is 0 Å². The first-order valence-electron chi connectivity index (χ1n) is 5.12. The Morgan fingerprint density at radius 2 is 1.87 bits per heavy atom. The molecule has 1 aromatic carbocycles. The summed E-state index contributed by atoms with van der Waals surface area (Å²) in [6.45, 7) is 1.88. The summed E-state index contributed by atoms with van der Waals surface area (Å²) < 4.78 is 0. The molecule has 15 heavy (non-hydrogen) atoms. The van der Waals surface area contributed by atoms with E-state index in [2.05, 4.69) is 0 Å². The van der Waals surface area contributed by atoms with E-state index < -0.39 is 0 Å². The smallest absolute Gasteiger partial charge is 0.164 e. The second kappa shape index (κ2) is 5.35. The van der Waals surface area contributed by atoms with Crippen LogP contribution in [0.15, 0.2) is 36.5 Å². The summed E-state index contributed by atoms with van der Waals surface area (Å²) in [7, 11) is 3.84. The average Bonchev–Trinajstić information content (AvgIpc) is 2.26. The highest BCUT2D eigenvalue weighted by molar-refractivity contribution is 6.20. The van der Waals surface area contributed by atoms with E-state index >= 15 is 0 Å². The third-order valence-corrected chi connectivity index (χ3v) is 2.09. The molecule has 0 fully saturated rings. The number of carbonyl (C=O) groups is 1. The Morgan fingerprint density at radius 1 is 1.27 bits per heavy atom. The lowest BCUT2D eigenvalue weighted by atomic mass is 10.0. The fourth-order valence-electron chi connectivity index (χ4n) is 1.37. The first-order chi connectivity index (χ1) is 7.15. The van der Waals surface area contributed by atoms with Crippen LogP contribution in [0.25, 0.3) is 5.57 Å². The minimum atomic E-state index is 0.176. The molecule has 1 aromatic rings. The molecule has 0 saturated heterocycles. The maximum absolute atomic E-state index is 11.8. The zero-order valence-corrected chi connectivity index (χ0v) is 9.53. The van der Waals surface area contributed by atoms with Gasteiger partial charge in [-0.2, -0.15) is 0 Å². The molecule has 80 valence electrons. The lowest BCUT2D eigenvalue weighted by Crippen LogP contribution is -2.08. The average molecular weight is 203 g/mol. The summed E-state index contributed by atoms with van der Waals surface area (Å²) in [4.78, 5) is 13.7. The van der Waals surface area contributed by atoms with E-state index in [4.69, 9.17) is 0 Å². The van der Waals surface area contributed by atoms with Crippen molar-refractivity contribution in [3.05, 3.63) is 42.1 Å². The first-order valence-corrected chi connectivity index (χ1v) is 5.12. The lowest BCUT2D eigenvalue weighted by Gasteiger charge is -2.10. The molecule has 2 nitrogen and oxygen atoms in total. The van der Waals surface area contributed by atoms with Gasteiger partial charge in [0.15, 0.2) is 5.78 Å². The van der Waals surface area contributed by atoms with Gasteiger partial charge in [-0.3, -0.25) is 4.79 Å². The number of hydrogen-bond acceptors (Lipinski definition) is 2. The van der Waals surface area contributed by atoms with Crippen molar-refractivity contribution in [1.29, 1.82) is 0 Å². The summed E-state index contributed by atoms with van der Waals surface area (Å²) in [6.07, 6.45) is 2.41. The summed E-state index contributed by atoms with van der Waals surface area (Å²) in [5.74, 6) is 0.176. The molecule has 0 spiro atoms. The Bertz CT molecular complexity index is 352. The second-order valence-electron chi connectivity index (χ2n) is 3.65. The van der Waals surface area contributed by atoms with Crippen LogP contribution in [0, 0.1) is 0 Å². The van der Waals surface area contributed by atoms with Crippen molar-refractivity contribution in [2.24, 2.45) is 0 Å². The van der Waals surface area contributed by atoms with Crippen LogP contribution in [0.1, 0.15) is 18.9 Å². The molecular formula is C13H17NO. The fraction of sp³-hybridized carbons (Fsp3) is 0.308. The van der Waals surface area contributed by atoms with Crippen LogP contribution in [0.2, 0.25) is 0 Å². The van der Waals surface area contributed by atoms with Crippen LogP contribution in [-0.2, 0) is 4.79 Å². The second-order valence-corrected chi connectivity index (χ2v) is 3.65. The van der Waals surface area contributed by atoms with Crippen molar-refractivity contribution in [1.82, 2.24) is 4.90 Å². The summed E-state index contributed by atoms with van der Waals surface area (Å²) in [5, 5.41) is 0. The molecule has 0 aromatic heterocycles. The van der Waals surface area contributed by atoms with Gasteiger partial charge >= 0.3 is 0 Å². The predicted octanol–water partition coefficient (Wildman–Crippen LogP) is 2.57. The maximum Gasteiger partial charge on any atom is 0.164 e. The first kappa shape index (κ1) is 11.5. The highest BCUT2D eigenvalue weighted by atomic mass is 16.1. The maximum atomic E-state index is 11.8. The molecule has 0 aliphatic carbocycles. The summed E-state index contributed by atoms with van der Waals surface area (Å²) in [6, 6.07) is 9.77. The molecule has 2 heteroatoms. The third-order valence-electron chi connectivity index (χ3n) is 2.09. The lowest BCUT2D eigenvalue weighted by molar-refractivity contribution is -0.113. The number of rotatable bonds is 4. The van der Waals surface area contributed by atoms with E-state index in [1.807, 2.05) is 62.5 Å². The van der Waals surface area contributed by atoms with Gasteiger partial charge < -0.3 is 4.90 Å². The van der Waals surface area contributed by atoms with Crippen LogP contribution in [-0.4, -0.2) is 24.8 Å². The predicted molar refractivity (Wildman–Crippen MR) is 63.4 cm³/mol. The molecule has 0 amide bonds. The number of Topliss-reactive ketones (excluding diaryl/α,β-unsaturated/α-hetero) is 1. The van der Waals surface area contributed by atoms with E-state index in [9.17, 15) is 4.79 Å². The quantitative estimate of drug-likeness (QED) is 0.701. The van der Waals surface area contributed by atoms with Crippen molar-refractivity contribution < 1.29 is 4.79 Å². The number of nitrogens with zero attached hydrogens (tertiary/aromatic N) is 1. The van der Waals surface area contributed by atoms with E-state index in [0.29, 0.717) is 6.42 Å². The molecule has 1 rings (SSSR count).